The molecule has 0 aromatic heterocycles. The van der Waals surface area contributed by atoms with Crippen LogP contribution < -0.4 is 10.6 Å². The lowest BCUT2D eigenvalue weighted by Crippen LogP contribution is -2.52. The van der Waals surface area contributed by atoms with Crippen LogP contribution in [0.15, 0.2) is 18.2 Å². The Bertz CT molecular complexity index is 555. The zero-order valence-corrected chi connectivity index (χ0v) is 9.84. The van der Waals surface area contributed by atoms with E-state index in [1.54, 1.807) is 0 Å². The molecule has 1 atom stereocenters. The number of rotatable bonds is 2. The third kappa shape index (κ3) is 2.82. The van der Waals surface area contributed by atoms with Crippen molar-refractivity contribution in [2.24, 2.45) is 0 Å². The Balaban J connectivity index is 2.06. The van der Waals surface area contributed by atoms with E-state index >= 15 is 0 Å². The molecule has 1 aromatic rings. The lowest BCUT2D eigenvalue weighted by molar-refractivity contribution is -0.134. The number of phenols is 2. The molecule has 1 unspecified atom stereocenters. The van der Waals surface area contributed by atoms with Crippen molar-refractivity contribution in [1.29, 1.82) is 0 Å². The maximum atomic E-state index is 11.8. The molecule has 1 aliphatic heterocycles. The van der Waals surface area contributed by atoms with Crippen molar-refractivity contribution >= 4 is 17.7 Å². The van der Waals surface area contributed by atoms with Gasteiger partial charge in [-0.15, -0.1) is 0 Å². The Hall–Kier alpha value is -2.57. The van der Waals surface area contributed by atoms with Gasteiger partial charge in [0.15, 0.2) is 11.5 Å². The summed E-state index contributed by atoms with van der Waals surface area (Å²) in [5.41, 5.74) is 0.111. The first kappa shape index (κ1) is 12.9. The Morgan fingerprint density at radius 2 is 2.00 bits per heavy atom. The zero-order chi connectivity index (χ0) is 14.0. The predicted octanol–water partition coefficient (Wildman–Crippen LogP) is -0.367. The monoisotopic (exact) mass is 264 g/mol. The number of aromatic hydroxyl groups is 2. The van der Waals surface area contributed by atoms with Crippen LogP contribution >= 0.6 is 0 Å². The SMILES string of the molecule is O=C1CCC(NC(=O)c2ccc(O)c(O)c2)C(=O)N1. The molecule has 1 aromatic carbocycles. The minimum Gasteiger partial charge on any atom is -0.504 e. The molecule has 4 N–H and O–H groups in total. The van der Waals surface area contributed by atoms with Gasteiger partial charge in [0.1, 0.15) is 6.04 Å². The van der Waals surface area contributed by atoms with Crippen molar-refractivity contribution in [1.82, 2.24) is 10.6 Å². The van der Waals surface area contributed by atoms with Gasteiger partial charge in [0.25, 0.3) is 5.91 Å². The van der Waals surface area contributed by atoms with Crippen LogP contribution in [-0.4, -0.2) is 34.0 Å². The molecular formula is C12H12N2O5. The summed E-state index contributed by atoms with van der Waals surface area (Å²) in [7, 11) is 0. The number of imide groups is 1. The lowest BCUT2D eigenvalue weighted by atomic mass is 10.1. The average Bonchev–Trinajstić information content (AvgIpc) is 2.36. The molecule has 0 spiro atoms. The number of phenolic OH excluding ortho intramolecular Hbond substituents is 2. The zero-order valence-electron chi connectivity index (χ0n) is 9.84. The van der Waals surface area contributed by atoms with Crippen LogP contribution in [0.4, 0.5) is 0 Å². The number of hydrogen-bond donors (Lipinski definition) is 4. The molecule has 1 aliphatic rings. The summed E-state index contributed by atoms with van der Waals surface area (Å²) < 4.78 is 0. The third-order valence-electron chi connectivity index (χ3n) is 2.78. The van der Waals surface area contributed by atoms with E-state index in [4.69, 9.17) is 5.11 Å². The van der Waals surface area contributed by atoms with Crippen LogP contribution in [0.2, 0.25) is 0 Å². The fraction of sp³-hybridized carbons (Fsp3) is 0.250. The Morgan fingerprint density at radius 1 is 1.26 bits per heavy atom. The van der Waals surface area contributed by atoms with Gasteiger partial charge in [-0.05, 0) is 24.6 Å². The van der Waals surface area contributed by atoms with E-state index < -0.39 is 23.6 Å². The summed E-state index contributed by atoms with van der Waals surface area (Å²) >= 11 is 0. The van der Waals surface area contributed by atoms with Crippen LogP contribution in [0.25, 0.3) is 0 Å². The van der Waals surface area contributed by atoms with E-state index in [2.05, 4.69) is 10.6 Å². The normalized spacial score (nSPS) is 18.8. The number of benzene rings is 1. The summed E-state index contributed by atoms with van der Waals surface area (Å²) in [5.74, 6) is -2.23. The highest BCUT2D eigenvalue weighted by Gasteiger charge is 2.28. The number of carbonyl (C=O) groups excluding carboxylic acids is 3. The molecule has 7 nitrogen and oxygen atoms in total. The number of nitrogens with one attached hydrogen (secondary N) is 2. The molecule has 3 amide bonds. The Labute approximate surface area is 108 Å². The number of hydrogen-bond acceptors (Lipinski definition) is 5. The topological polar surface area (TPSA) is 116 Å². The van der Waals surface area contributed by atoms with E-state index in [-0.39, 0.29) is 30.1 Å². The summed E-state index contributed by atoms with van der Waals surface area (Å²) in [5, 5.41) is 23.0. The minimum absolute atomic E-state index is 0.111. The minimum atomic E-state index is -0.777. The van der Waals surface area contributed by atoms with Gasteiger partial charge in [-0.25, -0.2) is 0 Å². The van der Waals surface area contributed by atoms with Crippen molar-refractivity contribution in [3.63, 3.8) is 0 Å². The van der Waals surface area contributed by atoms with E-state index in [1.165, 1.54) is 12.1 Å². The van der Waals surface area contributed by atoms with Gasteiger partial charge in [-0.3, -0.25) is 19.7 Å². The molecule has 0 radical (unpaired) electrons. The molecule has 100 valence electrons. The molecule has 0 saturated carbocycles. The van der Waals surface area contributed by atoms with Crippen LogP contribution in [0.1, 0.15) is 23.2 Å². The third-order valence-corrected chi connectivity index (χ3v) is 2.78. The van der Waals surface area contributed by atoms with Crippen LogP contribution in [-0.2, 0) is 9.59 Å². The van der Waals surface area contributed by atoms with Gasteiger partial charge < -0.3 is 15.5 Å². The fourth-order valence-corrected chi connectivity index (χ4v) is 1.74. The predicted molar refractivity (Wildman–Crippen MR) is 63.4 cm³/mol. The molecule has 1 heterocycles. The molecule has 2 rings (SSSR count). The van der Waals surface area contributed by atoms with Crippen LogP contribution in [0.5, 0.6) is 11.5 Å². The van der Waals surface area contributed by atoms with Crippen molar-refractivity contribution < 1.29 is 24.6 Å². The fourth-order valence-electron chi connectivity index (χ4n) is 1.74. The smallest absolute Gasteiger partial charge is 0.252 e. The maximum Gasteiger partial charge on any atom is 0.252 e. The first-order valence-electron chi connectivity index (χ1n) is 5.64. The second kappa shape index (κ2) is 4.97. The van der Waals surface area contributed by atoms with Crippen molar-refractivity contribution in [2.75, 3.05) is 0 Å². The number of carbonyl (C=O) groups is 3. The second-order valence-electron chi connectivity index (χ2n) is 4.18. The first-order valence-corrected chi connectivity index (χ1v) is 5.64. The summed E-state index contributed by atoms with van der Waals surface area (Å²) in [4.78, 5) is 34.2. The quantitative estimate of drug-likeness (QED) is 0.430. The molecule has 7 heteroatoms. The highest BCUT2D eigenvalue weighted by molar-refractivity contribution is 6.03. The van der Waals surface area contributed by atoms with Gasteiger partial charge in [0, 0.05) is 12.0 Å². The maximum absolute atomic E-state index is 11.8. The van der Waals surface area contributed by atoms with Gasteiger partial charge in [-0.2, -0.15) is 0 Å². The molecule has 1 saturated heterocycles. The van der Waals surface area contributed by atoms with Crippen LogP contribution in [0.3, 0.4) is 0 Å². The van der Waals surface area contributed by atoms with E-state index in [0.717, 1.165) is 6.07 Å². The molecular weight excluding hydrogens is 252 g/mol. The lowest BCUT2D eigenvalue weighted by Gasteiger charge is -2.21. The van der Waals surface area contributed by atoms with Crippen LogP contribution in [0, 0.1) is 0 Å². The Kier molecular flexibility index (Phi) is 3.37. The number of piperidine rings is 1. The van der Waals surface area contributed by atoms with Gasteiger partial charge in [-0.1, -0.05) is 0 Å². The van der Waals surface area contributed by atoms with Crippen molar-refractivity contribution in [3.8, 4) is 11.5 Å². The van der Waals surface area contributed by atoms with Gasteiger partial charge in [0.05, 0.1) is 0 Å². The summed E-state index contributed by atoms with van der Waals surface area (Å²) in [6.45, 7) is 0. The molecule has 1 fully saturated rings. The average molecular weight is 264 g/mol. The van der Waals surface area contributed by atoms with Gasteiger partial charge in [0.2, 0.25) is 11.8 Å². The standard InChI is InChI=1S/C12H12N2O5/c15-8-3-1-6(5-9(8)16)11(18)13-7-2-4-10(17)14-12(7)19/h1,3,5,7,15-16H,2,4H2,(H,13,18)(H,14,17,19). The summed E-state index contributed by atoms with van der Waals surface area (Å²) in [6.07, 6.45) is 0.401. The van der Waals surface area contributed by atoms with Gasteiger partial charge >= 0.3 is 0 Å². The highest BCUT2D eigenvalue weighted by Crippen LogP contribution is 2.24. The molecule has 0 bridgehead atoms. The van der Waals surface area contributed by atoms with Crippen molar-refractivity contribution in [3.05, 3.63) is 23.8 Å². The Morgan fingerprint density at radius 3 is 2.63 bits per heavy atom. The number of amides is 3. The van der Waals surface area contributed by atoms with E-state index in [1.807, 2.05) is 0 Å². The van der Waals surface area contributed by atoms with E-state index in [9.17, 15) is 19.5 Å². The molecule has 19 heavy (non-hydrogen) atoms. The molecule has 0 aliphatic carbocycles. The van der Waals surface area contributed by atoms with Crippen molar-refractivity contribution in [2.45, 2.75) is 18.9 Å². The van der Waals surface area contributed by atoms with E-state index in [0.29, 0.717) is 0 Å². The second-order valence-corrected chi connectivity index (χ2v) is 4.18. The largest absolute Gasteiger partial charge is 0.504 e. The highest BCUT2D eigenvalue weighted by atomic mass is 16.3. The first-order chi connectivity index (χ1) is 8.97. The summed E-state index contributed by atoms with van der Waals surface area (Å²) in [6, 6.07) is 2.81.